The molecule has 0 aliphatic carbocycles. The average Bonchev–Trinajstić information content (AvgIpc) is 2.76. The lowest BCUT2D eigenvalue weighted by atomic mass is 10.2. The number of guanidine groups is 1. The number of halogens is 1. The average molecular weight is 526 g/mol. The van der Waals surface area contributed by atoms with Crippen molar-refractivity contribution in [1.82, 2.24) is 16.0 Å². The number of nitrogens with one attached hydrogen (secondary N) is 3. The van der Waals surface area contributed by atoms with E-state index in [0.29, 0.717) is 42.7 Å². The summed E-state index contributed by atoms with van der Waals surface area (Å²) in [5.41, 5.74) is 0.668. The second kappa shape index (κ2) is 14.5. The van der Waals surface area contributed by atoms with Gasteiger partial charge in [0.2, 0.25) is 0 Å². The molecule has 0 aliphatic rings. The Morgan fingerprint density at radius 3 is 2.27 bits per heavy atom. The number of carbonyl (C=O) groups excluding carboxylic acids is 1. The molecule has 164 valence electrons. The summed E-state index contributed by atoms with van der Waals surface area (Å²) in [4.78, 5) is 16.2. The molecule has 1 atom stereocenters. The van der Waals surface area contributed by atoms with E-state index >= 15 is 0 Å². The van der Waals surface area contributed by atoms with Gasteiger partial charge in [-0.05, 0) is 37.6 Å². The molecule has 0 aromatic heterocycles. The van der Waals surface area contributed by atoms with Gasteiger partial charge in [-0.25, -0.2) is 0 Å². The molecule has 7 nitrogen and oxygen atoms in total. The monoisotopic (exact) mass is 526 g/mol. The summed E-state index contributed by atoms with van der Waals surface area (Å²) in [6, 6.07) is 16.8. The van der Waals surface area contributed by atoms with Crippen molar-refractivity contribution in [2.45, 2.75) is 19.4 Å². The van der Waals surface area contributed by atoms with Crippen LogP contribution in [-0.4, -0.2) is 51.8 Å². The van der Waals surface area contributed by atoms with Gasteiger partial charge in [-0.2, -0.15) is 0 Å². The van der Waals surface area contributed by atoms with Gasteiger partial charge < -0.3 is 25.4 Å². The number of aliphatic imine (C=N–C) groups is 1. The van der Waals surface area contributed by atoms with Crippen LogP contribution in [0.25, 0.3) is 0 Å². The van der Waals surface area contributed by atoms with E-state index in [1.807, 2.05) is 49.4 Å². The molecule has 0 aliphatic heterocycles. The SMILES string of the molecule is CN=C(NCCCNC(=O)c1ccccc1)NCC(C)Oc1ccccc1OC.I. The van der Waals surface area contributed by atoms with E-state index in [-0.39, 0.29) is 36.0 Å². The van der Waals surface area contributed by atoms with Gasteiger partial charge >= 0.3 is 0 Å². The maximum Gasteiger partial charge on any atom is 0.251 e. The Morgan fingerprint density at radius 2 is 1.60 bits per heavy atom. The zero-order valence-electron chi connectivity index (χ0n) is 17.7. The molecule has 0 saturated carbocycles. The fourth-order valence-corrected chi connectivity index (χ4v) is 2.62. The summed E-state index contributed by atoms with van der Waals surface area (Å²) in [7, 11) is 3.34. The van der Waals surface area contributed by atoms with Crippen molar-refractivity contribution >= 4 is 35.8 Å². The minimum Gasteiger partial charge on any atom is -0.493 e. The number of ether oxygens (including phenoxy) is 2. The van der Waals surface area contributed by atoms with Crippen LogP contribution in [0.3, 0.4) is 0 Å². The normalized spacial score (nSPS) is 11.6. The number of para-hydroxylation sites is 2. The molecule has 2 rings (SSSR count). The summed E-state index contributed by atoms with van der Waals surface area (Å²) < 4.78 is 11.2. The molecule has 0 heterocycles. The van der Waals surface area contributed by atoms with Crippen LogP contribution >= 0.6 is 24.0 Å². The lowest BCUT2D eigenvalue weighted by molar-refractivity contribution is 0.0953. The highest BCUT2D eigenvalue weighted by Gasteiger charge is 2.09. The molecule has 0 radical (unpaired) electrons. The molecule has 8 heteroatoms. The first-order chi connectivity index (χ1) is 14.1. The maximum atomic E-state index is 12.0. The van der Waals surface area contributed by atoms with E-state index in [1.54, 1.807) is 26.3 Å². The van der Waals surface area contributed by atoms with E-state index in [1.165, 1.54) is 0 Å². The molecule has 2 aromatic rings. The van der Waals surface area contributed by atoms with Crippen LogP contribution in [0.2, 0.25) is 0 Å². The third-order valence-corrected chi connectivity index (χ3v) is 4.15. The highest BCUT2D eigenvalue weighted by atomic mass is 127. The van der Waals surface area contributed by atoms with Crippen molar-refractivity contribution in [1.29, 1.82) is 0 Å². The van der Waals surface area contributed by atoms with Gasteiger partial charge in [0.25, 0.3) is 5.91 Å². The Labute approximate surface area is 195 Å². The third kappa shape index (κ3) is 8.89. The molecule has 1 unspecified atom stereocenters. The van der Waals surface area contributed by atoms with Gasteiger partial charge in [-0.15, -0.1) is 24.0 Å². The Kier molecular flexibility index (Phi) is 12.3. The molecule has 0 saturated heterocycles. The zero-order valence-corrected chi connectivity index (χ0v) is 20.0. The number of nitrogens with zero attached hydrogens (tertiary/aromatic N) is 1. The van der Waals surface area contributed by atoms with Crippen molar-refractivity contribution in [2.24, 2.45) is 4.99 Å². The first kappa shape index (κ1) is 25.5. The molecule has 0 bridgehead atoms. The van der Waals surface area contributed by atoms with Gasteiger partial charge in [-0.3, -0.25) is 9.79 Å². The van der Waals surface area contributed by atoms with Crippen molar-refractivity contribution in [3.63, 3.8) is 0 Å². The number of carbonyl (C=O) groups is 1. The predicted octanol–water partition coefficient (Wildman–Crippen LogP) is 3.07. The van der Waals surface area contributed by atoms with Crippen molar-refractivity contribution in [3.05, 3.63) is 60.2 Å². The Bertz CT molecular complexity index is 787. The predicted molar refractivity (Wildman–Crippen MR) is 131 cm³/mol. The number of amides is 1. The van der Waals surface area contributed by atoms with E-state index < -0.39 is 0 Å². The zero-order chi connectivity index (χ0) is 20.9. The lowest BCUT2D eigenvalue weighted by Crippen LogP contribution is -2.42. The molecule has 3 N–H and O–H groups in total. The summed E-state index contributed by atoms with van der Waals surface area (Å²) in [6.45, 7) is 3.84. The second-order valence-electron chi connectivity index (χ2n) is 6.43. The lowest BCUT2D eigenvalue weighted by Gasteiger charge is -2.19. The first-order valence-electron chi connectivity index (χ1n) is 9.71. The van der Waals surface area contributed by atoms with Crippen LogP contribution in [0.1, 0.15) is 23.7 Å². The van der Waals surface area contributed by atoms with Gasteiger partial charge in [0.1, 0.15) is 6.10 Å². The van der Waals surface area contributed by atoms with Crippen LogP contribution in [0.15, 0.2) is 59.6 Å². The molecule has 0 spiro atoms. The van der Waals surface area contributed by atoms with Gasteiger partial charge in [0.05, 0.1) is 13.7 Å². The largest absolute Gasteiger partial charge is 0.493 e. The van der Waals surface area contributed by atoms with E-state index in [2.05, 4.69) is 20.9 Å². The number of benzene rings is 2. The topological polar surface area (TPSA) is 84.0 Å². The van der Waals surface area contributed by atoms with Crippen LogP contribution in [-0.2, 0) is 0 Å². The van der Waals surface area contributed by atoms with Crippen molar-refractivity contribution in [3.8, 4) is 11.5 Å². The molecular weight excluding hydrogens is 495 g/mol. The Balaban J connectivity index is 0.00000450. The first-order valence-corrected chi connectivity index (χ1v) is 9.71. The minimum absolute atomic E-state index is 0. The quantitative estimate of drug-likeness (QED) is 0.192. The molecule has 0 fully saturated rings. The van der Waals surface area contributed by atoms with Crippen molar-refractivity contribution < 1.29 is 14.3 Å². The second-order valence-corrected chi connectivity index (χ2v) is 6.43. The summed E-state index contributed by atoms with van der Waals surface area (Å²) in [5, 5.41) is 9.38. The number of hydrogen-bond acceptors (Lipinski definition) is 4. The fraction of sp³-hybridized carbons (Fsp3) is 0.364. The Hall–Kier alpha value is -2.49. The van der Waals surface area contributed by atoms with Crippen LogP contribution in [0, 0.1) is 0 Å². The number of hydrogen-bond donors (Lipinski definition) is 3. The summed E-state index contributed by atoms with van der Waals surface area (Å²) in [6.07, 6.45) is 0.710. The number of rotatable bonds is 10. The third-order valence-electron chi connectivity index (χ3n) is 4.15. The molecule has 2 aromatic carbocycles. The Morgan fingerprint density at radius 1 is 0.967 bits per heavy atom. The summed E-state index contributed by atoms with van der Waals surface area (Å²) >= 11 is 0. The van der Waals surface area contributed by atoms with E-state index in [0.717, 1.165) is 6.42 Å². The molecule has 30 heavy (non-hydrogen) atoms. The van der Waals surface area contributed by atoms with Crippen LogP contribution in [0.4, 0.5) is 0 Å². The standard InChI is InChI=1S/C22H30N4O3.HI/c1-17(29-20-13-8-7-12-19(20)28-3)16-26-22(23-2)25-15-9-14-24-21(27)18-10-5-4-6-11-18;/h4-8,10-13,17H,9,14-16H2,1-3H3,(H,24,27)(H2,23,25,26);1H. The fourth-order valence-electron chi connectivity index (χ4n) is 2.62. The highest BCUT2D eigenvalue weighted by Crippen LogP contribution is 2.26. The maximum absolute atomic E-state index is 12.0. The van der Waals surface area contributed by atoms with E-state index in [9.17, 15) is 4.79 Å². The highest BCUT2D eigenvalue weighted by molar-refractivity contribution is 14.0. The smallest absolute Gasteiger partial charge is 0.251 e. The van der Waals surface area contributed by atoms with Crippen LogP contribution in [0.5, 0.6) is 11.5 Å². The minimum atomic E-state index is -0.0741. The molecular formula is C22H31IN4O3. The van der Waals surface area contributed by atoms with Crippen molar-refractivity contribution in [2.75, 3.05) is 33.8 Å². The van der Waals surface area contributed by atoms with E-state index in [4.69, 9.17) is 9.47 Å². The number of methoxy groups -OCH3 is 1. The van der Waals surface area contributed by atoms with Gasteiger partial charge in [-0.1, -0.05) is 30.3 Å². The van der Waals surface area contributed by atoms with Crippen LogP contribution < -0.4 is 25.4 Å². The van der Waals surface area contributed by atoms with Gasteiger partial charge in [0.15, 0.2) is 17.5 Å². The summed E-state index contributed by atoms with van der Waals surface area (Å²) in [5.74, 6) is 2.05. The molecule has 1 amide bonds. The van der Waals surface area contributed by atoms with Gasteiger partial charge in [0, 0.05) is 25.7 Å².